The van der Waals surface area contributed by atoms with Gasteiger partial charge in [0.25, 0.3) is 5.91 Å². The summed E-state index contributed by atoms with van der Waals surface area (Å²) < 4.78 is 0. The zero-order chi connectivity index (χ0) is 13.6. The van der Waals surface area contributed by atoms with Gasteiger partial charge in [-0.05, 0) is 31.9 Å². The van der Waals surface area contributed by atoms with Crippen LogP contribution in [-0.2, 0) is 4.79 Å². The van der Waals surface area contributed by atoms with Crippen LogP contribution in [0.2, 0.25) is 0 Å². The number of hydrogen-bond acceptors (Lipinski definition) is 4. The number of aryl methyl sites for hydroxylation is 3. The molecule has 3 rings (SSSR count). The Morgan fingerprint density at radius 2 is 1.89 bits per heavy atom. The molecule has 1 N–H and O–H groups in total. The van der Waals surface area contributed by atoms with Crippen molar-refractivity contribution in [2.24, 2.45) is 4.99 Å². The molecule has 0 fully saturated rings. The third-order valence-corrected chi connectivity index (χ3v) is 3.01. The van der Waals surface area contributed by atoms with E-state index >= 15 is 0 Å². The maximum atomic E-state index is 11.9. The number of benzene rings is 1. The normalized spacial score (nSPS) is 15.7. The maximum Gasteiger partial charge on any atom is 0.294 e. The van der Waals surface area contributed by atoms with Crippen LogP contribution in [0, 0.1) is 20.8 Å². The van der Waals surface area contributed by atoms with E-state index in [2.05, 4.69) is 20.5 Å². The minimum absolute atomic E-state index is 0.280. The minimum atomic E-state index is -0.280. The van der Waals surface area contributed by atoms with Gasteiger partial charge in [0, 0.05) is 0 Å². The molecule has 0 atom stereocenters. The van der Waals surface area contributed by atoms with Crippen molar-refractivity contribution >= 4 is 17.3 Å². The van der Waals surface area contributed by atoms with E-state index in [4.69, 9.17) is 0 Å². The third kappa shape index (κ3) is 1.81. The lowest BCUT2D eigenvalue weighted by molar-refractivity contribution is -0.110. The van der Waals surface area contributed by atoms with Gasteiger partial charge in [-0.25, -0.2) is 15.4 Å². The molecule has 0 aliphatic carbocycles. The number of rotatable bonds is 1. The number of para-hydroxylation sites is 1. The van der Waals surface area contributed by atoms with Gasteiger partial charge < -0.3 is 0 Å². The molecule has 6 nitrogen and oxygen atoms in total. The first-order valence-electron chi connectivity index (χ1n) is 5.96. The zero-order valence-corrected chi connectivity index (χ0v) is 10.9. The van der Waals surface area contributed by atoms with Crippen molar-refractivity contribution in [3.63, 3.8) is 0 Å². The number of aliphatic imine (C=N–C) groups is 1. The Balaban J connectivity index is 2.16. The van der Waals surface area contributed by atoms with Crippen LogP contribution in [0.4, 0.5) is 5.69 Å². The van der Waals surface area contributed by atoms with Crippen LogP contribution in [0.5, 0.6) is 0 Å². The van der Waals surface area contributed by atoms with E-state index in [1.165, 1.54) is 4.79 Å². The van der Waals surface area contributed by atoms with Crippen molar-refractivity contribution in [2.75, 3.05) is 5.43 Å². The molecule has 6 heteroatoms. The summed E-state index contributed by atoms with van der Waals surface area (Å²) in [6.45, 7) is 5.71. The number of fused-ring (bicyclic) bond motifs is 1. The summed E-state index contributed by atoms with van der Waals surface area (Å²) >= 11 is 0. The molecule has 0 bridgehead atoms. The van der Waals surface area contributed by atoms with Crippen molar-refractivity contribution < 1.29 is 4.79 Å². The Hall–Kier alpha value is -2.50. The first-order chi connectivity index (χ1) is 9.06. The fraction of sp³-hybridized carbons (Fsp3) is 0.231. The first kappa shape index (κ1) is 11.6. The highest BCUT2D eigenvalue weighted by Crippen LogP contribution is 2.24. The molecule has 0 saturated heterocycles. The predicted octanol–water partition coefficient (Wildman–Crippen LogP) is 1.41. The highest BCUT2D eigenvalue weighted by Gasteiger charge is 2.29. The largest absolute Gasteiger partial charge is 0.294 e. The molecular weight excluding hydrogens is 242 g/mol. The summed E-state index contributed by atoms with van der Waals surface area (Å²) in [5.41, 5.74) is 5.76. The van der Waals surface area contributed by atoms with E-state index in [1.807, 2.05) is 32.0 Å². The second kappa shape index (κ2) is 4.01. The molecule has 0 spiro atoms. The van der Waals surface area contributed by atoms with Gasteiger partial charge in [0.1, 0.15) is 5.82 Å². The third-order valence-electron chi connectivity index (χ3n) is 3.01. The molecule has 0 unspecified atom stereocenters. The number of aromatic nitrogens is 3. The summed E-state index contributed by atoms with van der Waals surface area (Å²) in [7, 11) is 0. The van der Waals surface area contributed by atoms with E-state index in [1.54, 1.807) is 6.92 Å². The Kier molecular flexibility index (Phi) is 2.45. The van der Waals surface area contributed by atoms with Crippen LogP contribution in [0.3, 0.4) is 0 Å². The molecule has 19 heavy (non-hydrogen) atoms. The van der Waals surface area contributed by atoms with Gasteiger partial charge in [-0.1, -0.05) is 18.2 Å². The van der Waals surface area contributed by atoms with Crippen LogP contribution < -0.4 is 5.43 Å². The molecular formula is C13H13N5O. The zero-order valence-electron chi connectivity index (χ0n) is 10.9. The maximum absolute atomic E-state index is 11.9. The van der Waals surface area contributed by atoms with Gasteiger partial charge in [0.2, 0.25) is 5.82 Å². The molecule has 2 aromatic rings. The Bertz CT molecular complexity index is 694. The molecule has 1 aromatic carbocycles. The average Bonchev–Trinajstić information content (AvgIpc) is 2.81. The standard InChI is InChI=1S/C13H13N5O/c1-7-5-4-6-8(2)10(7)15-11-12-14-9(3)16-18(12)17-13(11)19/h4-6H,1-3H3,(H,17,19). The Labute approximate surface area is 110 Å². The van der Waals surface area contributed by atoms with Crippen molar-refractivity contribution in [1.29, 1.82) is 0 Å². The van der Waals surface area contributed by atoms with Gasteiger partial charge >= 0.3 is 0 Å². The minimum Gasteiger partial charge on any atom is -0.265 e. The van der Waals surface area contributed by atoms with Crippen LogP contribution in [-0.4, -0.2) is 26.5 Å². The lowest BCUT2D eigenvalue weighted by Crippen LogP contribution is -2.19. The van der Waals surface area contributed by atoms with Crippen molar-refractivity contribution in [2.45, 2.75) is 20.8 Å². The summed E-state index contributed by atoms with van der Waals surface area (Å²) in [6.07, 6.45) is 0. The lowest BCUT2D eigenvalue weighted by atomic mass is 10.1. The first-order valence-corrected chi connectivity index (χ1v) is 5.96. The van der Waals surface area contributed by atoms with Crippen molar-refractivity contribution in [3.05, 3.63) is 41.0 Å². The fourth-order valence-electron chi connectivity index (χ4n) is 2.09. The quantitative estimate of drug-likeness (QED) is 0.837. The van der Waals surface area contributed by atoms with Gasteiger partial charge in [-0.15, -0.1) is 9.89 Å². The number of carbonyl (C=O) groups is 1. The molecule has 0 radical (unpaired) electrons. The van der Waals surface area contributed by atoms with Crippen LogP contribution in [0.25, 0.3) is 0 Å². The number of carbonyl (C=O) groups excluding carboxylic acids is 1. The van der Waals surface area contributed by atoms with E-state index in [0.717, 1.165) is 16.8 Å². The van der Waals surface area contributed by atoms with Gasteiger partial charge in [-0.2, -0.15) is 0 Å². The Morgan fingerprint density at radius 1 is 1.21 bits per heavy atom. The van der Waals surface area contributed by atoms with E-state index in [9.17, 15) is 4.79 Å². The highest BCUT2D eigenvalue weighted by molar-refractivity contribution is 6.49. The number of hydrogen-bond donors (Lipinski definition) is 1. The average molecular weight is 255 g/mol. The molecule has 0 saturated carbocycles. The Morgan fingerprint density at radius 3 is 2.58 bits per heavy atom. The monoisotopic (exact) mass is 255 g/mol. The molecule has 1 aliphatic rings. The number of amides is 1. The van der Waals surface area contributed by atoms with Crippen LogP contribution in [0.15, 0.2) is 23.2 Å². The number of nitrogens with one attached hydrogen (secondary N) is 1. The smallest absolute Gasteiger partial charge is 0.265 e. The summed E-state index contributed by atoms with van der Waals surface area (Å²) in [6, 6.07) is 5.90. The molecule has 96 valence electrons. The SMILES string of the molecule is Cc1nc2n(n1)NC(=O)C2=Nc1c(C)cccc1C. The summed E-state index contributed by atoms with van der Waals surface area (Å²) in [5, 5.41) is 4.07. The highest BCUT2D eigenvalue weighted by atomic mass is 16.2. The molecule has 1 amide bonds. The fourth-order valence-corrected chi connectivity index (χ4v) is 2.09. The molecule has 1 aromatic heterocycles. The van der Waals surface area contributed by atoms with Gasteiger partial charge in [0.15, 0.2) is 5.71 Å². The van der Waals surface area contributed by atoms with Crippen LogP contribution in [0.1, 0.15) is 22.8 Å². The second-order valence-electron chi connectivity index (χ2n) is 4.54. The van der Waals surface area contributed by atoms with E-state index in [-0.39, 0.29) is 5.91 Å². The molecule has 2 heterocycles. The van der Waals surface area contributed by atoms with Crippen LogP contribution >= 0.6 is 0 Å². The predicted molar refractivity (Wildman–Crippen MR) is 71.2 cm³/mol. The van der Waals surface area contributed by atoms with Gasteiger partial charge in [-0.3, -0.25) is 4.79 Å². The van der Waals surface area contributed by atoms with E-state index < -0.39 is 0 Å². The van der Waals surface area contributed by atoms with Gasteiger partial charge in [0.05, 0.1) is 5.69 Å². The second-order valence-corrected chi connectivity index (χ2v) is 4.54. The van der Waals surface area contributed by atoms with Crippen molar-refractivity contribution in [3.8, 4) is 0 Å². The topological polar surface area (TPSA) is 72.2 Å². The summed E-state index contributed by atoms with van der Waals surface area (Å²) in [5.74, 6) is 0.784. The number of nitrogens with zero attached hydrogens (tertiary/aromatic N) is 4. The lowest BCUT2D eigenvalue weighted by Gasteiger charge is -2.04. The van der Waals surface area contributed by atoms with E-state index in [0.29, 0.717) is 17.4 Å². The summed E-state index contributed by atoms with van der Waals surface area (Å²) in [4.78, 5) is 21.9. The molecule has 1 aliphatic heterocycles. The van der Waals surface area contributed by atoms with Crippen molar-refractivity contribution in [1.82, 2.24) is 14.9 Å².